The zero-order valence-corrected chi connectivity index (χ0v) is 8.65. The van der Waals surface area contributed by atoms with E-state index < -0.39 is 0 Å². The minimum Gasteiger partial charge on any atom is -0.412 e. The fraction of sp³-hybridized carbons (Fsp3) is 0.100. The Balaban J connectivity index is 2.03. The van der Waals surface area contributed by atoms with Crippen molar-refractivity contribution in [3.05, 3.63) is 30.2 Å². The summed E-state index contributed by atoms with van der Waals surface area (Å²) in [5.41, 5.74) is 0.669. The van der Waals surface area contributed by atoms with Crippen LogP contribution < -0.4 is 0 Å². The normalized spacial score (nSPS) is 13.1. The fourth-order valence-electron chi connectivity index (χ4n) is 1.59. The SMILES string of the molecule is O=COC1=Nn2c(nnc2-c2ccccn2)C1. The number of nitrogens with zero attached hydrogens (tertiary/aromatic N) is 5. The molecular weight excluding hydrogens is 222 g/mol. The molecule has 2 aromatic rings. The Morgan fingerprint density at radius 3 is 3.06 bits per heavy atom. The van der Waals surface area contributed by atoms with Crippen molar-refractivity contribution < 1.29 is 9.53 Å². The van der Waals surface area contributed by atoms with Crippen LogP contribution in [-0.4, -0.2) is 32.2 Å². The van der Waals surface area contributed by atoms with Gasteiger partial charge in [0.1, 0.15) is 5.69 Å². The van der Waals surface area contributed by atoms with E-state index in [0.29, 0.717) is 36.1 Å². The third-order valence-electron chi connectivity index (χ3n) is 2.30. The molecule has 0 N–H and O–H groups in total. The van der Waals surface area contributed by atoms with E-state index >= 15 is 0 Å². The van der Waals surface area contributed by atoms with Crippen LogP contribution in [0.15, 0.2) is 29.5 Å². The molecule has 1 aliphatic heterocycles. The van der Waals surface area contributed by atoms with Crippen LogP contribution in [-0.2, 0) is 16.0 Å². The molecule has 0 amide bonds. The number of carbonyl (C=O) groups is 1. The molecule has 0 radical (unpaired) electrons. The summed E-state index contributed by atoms with van der Waals surface area (Å²) >= 11 is 0. The molecule has 0 bridgehead atoms. The molecule has 84 valence electrons. The Bertz CT molecular complexity index is 590. The van der Waals surface area contributed by atoms with Crippen LogP contribution in [0.25, 0.3) is 11.5 Å². The molecule has 0 aliphatic carbocycles. The molecule has 7 heteroatoms. The summed E-state index contributed by atoms with van der Waals surface area (Å²) < 4.78 is 6.22. The molecule has 0 spiro atoms. The van der Waals surface area contributed by atoms with Gasteiger partial charge in [-0.05, 0) is 12.1 Å². The minimum atomic E-state index is 0.307. The van der Waals surface area contributed by atoms with E-state index in [4.69, 9.17) is 4.74 Å². The Morgan fingerprint density at radius 2 is 2.29 bits per heavy atom. The number of pyridine rings is 1. The zero-order chi connectivity index (χ0) is 11.7. The molecular formula is C10H7N5O2. The van der Waals surface area contributed by atoms with Gasteiger partial charge in [-0.3, -0.25) is 9.78 Å². The van der Waals surface area contributed by atoms with Crippen LogP contribution in [0, 0.1) is 0 Å². The highest BCUT2D eigenvalue weighted by atomic mass is 16.5. The summed E-state index contributed by atoms with van der Waals surface area (Å²) in [4.78, 5) is 14.4. The van der Waals surface area contributed by atoms with E-state index in [-0.39, 0.29) is 0 Å². The summed E-state index contributed by atoms with van der Waals surface area (Å²) in [6, 6.07) is 5.48. The van der Waals surface area contributed by atoms with E-state index in [1.807, 2.05) is 18.2 Å². The quantitative estimate of drug-likeness (QED) is 0.688. The molecule has 0 saturated carbocycles. The van der Waals surface area contributed by atoms with Gasteiger partial charge in [-0.2, -0.15) is 4.68 Å². The van der Waals surface area contributed by atoms with Crippen LogP contribution in [0.1, 0.15) is 5.82 Å². The maximum Gasteiger partial charge on any atom is 0.299 e. The molecule has 0 atom stereocenters. The van der Waals surface area contributed by atoms with Crippen molar-refractivity contribution in [2.45, 2.75) is 6.42 Å². The molecule has 2 aromatic heterocycles. The highest BCUT2D eigenvalue weighted by molar-refractivity contribution is 5.85. The van der Waals surface area contributed by atoms with Gasteiger partial charge in [0.15, 0.2) is 5.82 Å². The second kappa shape index (κ2) is 3.78. The minimum absolute atomic E-state index is 0.307. The van der Waals surface area contributed by atoms with Crippen molar-refractivity contribution >= 4 is 12.4 Å². The lowest BCUT2D eigenvalue weighted by Crippen LogP contribution is -2.03. The third kappa shape index (κ3) is 1.57. The molecule has 0 fully saturated rings. The topological polar surface area (TPSA) is 82.3 Å². The van der Waals surface area contributed by atoms with Crippen LogP contribution in [0.5, 0.6) is 0 Å². The van der Waals surface area contributed by atoms with Crippen LogP contribution in [0.2, 0.25) is 0 Å². The maximum atomic E-state index is 10.2. The molecule has 1 aliphatic rings. The second-order valence-electron chi connectivity index (χ2n) is 3.35. The predicted octanol–water partition coefficient (Wildman–Crippen LogP) is 0.231. The van der Waals surface area contributed by atoms with Gasteiger partial charge in [0.2, 0.25) is 11.7 Å². The Labute approximate surface area is 95.8 Å². The largest absolute Gasteiger partial charge is 0.412 e. The summed E-state index contributed by atoms with van der Waals surface area (Å²) in [5, 5.41) is 12.1. The lowest BCUT2D eigenvalue weighted by atomic mass is 10.3. The molecule has 7 nitrogen and oxygen atoms in total. The Hall–Kier alpha value is -2.57. The van der Waals surface area contributed by atoms with Crippen molar-refractivity contribution in [2.75, 3.05) is 0 Å². The Morgan fingerprint density at radius 1 is 1.35 bits per heavy atom. The highest BCUT2D eigenvalue weighted by Crippen LogP contribution is 2.19. The summed E-state index contributed by atoms with van der Waals surface area (Å²) in [6.45, 7) is 0.346. The lowest BCUT2D eigenvalue weighted by molar-refractivity contribution is -0.121. The number of hydrogen-bond acceptors (Lipinski definition) is 6. The maximum absolute atomic E-state index is 10.2. The number of carbonyl (C=O) groups excluding carboxylic acids is 1. The van der Waals surface area contributed by atoms with Crippen molar-refractivity contribution in [3.63, 3.8) is 0 Å². The predicted molar refractivity (Wildman–Crippen MR) is 56.9 cm³/mol. The van der Waals surface area contributed by atoms with Gasteiger partial charge < -0.3 is 4.74 Å². The summed E-state index contributed by atoms with van der Waals surface area (Å²) in [6.07, 6.45) is 2.02. The van der Waals surface area contributed by atoms with Gasteiger partial charge in [-0.15, -0.1) is 15.3 Å². The monoisotopic (exact) mass is 229 g/mol. The summed E-state index contributed by atoms with van der Waals surface area (Å²) in [7, 11) is 0. The molecule has 0 saturated heterocycles. The lowest BCUT2D eigenvalue weighted by Gasteiger charge is -1.97. The standard InChI is InChI=1S/C10H7N5O2/c16-6-17-9-5-8-12-13-10(15(8)14-9)7-3-1-2-4-11-7/h1-4,6H,5H2. The van der Waals surface area contributed by atoms with Crippen LogP contribution >= 0.6 is 0 Å². The van der Waals surface area contributed by atoms with Gasteiger partial charge in [0.05, 0.1) is 6.42 Å². The zero-order valence-electron chi connectivity index (χ0n) is 8.65. The molecule has 0 aromatic carbocycles. The Kier molecular flexibility index (Phi) is 2.14. The first-order valence-electron chi connectivity index (χ1n) is 4.92. The van der Waals surface area contributed by atoms with Crippen molar-refractivity contribution in [3.8, 4) is 11.5 Å². The number of rotatable bonds is 2. The van der Waals surface area contributed by atoms with Crippen LogP contribution in [0.3, 0.4) is 0 Å². The average Bonchev–Trinajstić information content (AvgIpc) is 2.90. The smallest absolute Gasteiger partial charge is 0.299 e. The van der Waals surface area contributed by atoms with E-state index in [1.54, 1.807) is 6.20 Å². The van der Waals surface area contributed by atoms with E-state index in [9.17, 15) is 4.79 Å². The highest BCUT2D eigenvalue weighted by Gasteiger charge is 2.23. The van der Waals surface area contributed by atoms with Gasteiger partial charge >= 0.3 is 0 Å². The number of hydrogen-bond donors (Lipinski definition) is 0. The van der Waals surface area contributed by atoms with Crippen LogP contribution in [0.4, 0.5) is 0 Å². The first-order chi connectivity index (χ1) is 8.38. The van der Waals surface area contributed by atoms with Gasteiger partial charge in [0.25, 0.3) is 6.47 Å². The molecule has 0 unspecified atom stereocenters. The number of aromatic nitrogens is 4. The van der Waals surface area contributed by atoms with Gasteiger partial charge in [-0.1, -0.05) is 6.07 Å². The van der Waals surface area contributed by atoms with Gasteiger partial charge in [-0.25, -0.2) is 0 Å². The van der Waals surface area contributed by atoms with E-state index in [0.717, 1.165) is 0 Å². The first-order valence-corrected chi connectivity index (χ1v) is 4.92. The molecule has 3 heterocycles. The molecule has 17 heavy (non-hydrogen) atoms. The van der Waals surface area contributed by atoms with E-state index in [2.05, 4.69) is 20.3 Å². The van der Waals surface area contributed by atoms with E-state index in [1.165, 1.54) is 4.68 Å². The van der Waals surface area contributed by atoms with Gasteiger partial charge in [0, 0.05) is 6.20 Å². The third-order valence-corrected chi connectivity index (χ3v) is 2.30. The second-order valence-corrected chi connectivity index (χ2v) is 3.35. The van der Waals surface area contributed by atoms with Crippen molar-refractivity contribution in [2.24, 2.45) is 5.10 Å². The average molecular weight is 229 g/mol. The summed E-state index contributed by atoms with van der Waals surface area (Å²) in [5.74, 6) is 1.47. The molecule has 3 rings (SSSR count). The number of fused-ring (bicyclic) bond motifs is 1. The number of ether oxygens (including phenoxy) is 1. The first kappa shape index (κ1) is 9.64. The fourth-order valence-corrected chi connectivity index (χ4v) is 1.59. The van der Waals surface area contributed by atoms with Crippen molar-refractivity contribution in [1.29, 1.82) is 0 Å². The van der Waals surface area contributed by atoms with Crippen molar-refractivity contribution in [1.82, 2.24) is 19.9 Å².